The molecule has 0 bridgehead atoms. The molecule has 0 saturated carbocycles. The number of carbonyl (C=O) groups excluding carboxylic acids is 2. The van der Waals surface area contributed by atoms with Gasteiger partial charge in [-0.05, 0) is 94.1 Å². The molecule has 0 saturated heterocycles. The lowest BCUT2D eigenvalue weighted by Crippen LogP contribution is -2.19. The summed E-state index contributed by atoms with van der Waals surface area (Å²) >= 11 is 0. The van der Waals surface area contributed by atoms with Crippen LogP contribution in [0.2, 0.25) is 0 Å². The quantitative estimate of drug-likeness (QED) is 0.0483. The van der Waals surface area contributed by atoms with Crippen molar-refractivity contribution in [2.24, 2.45) is 5.41 Å². The molecule has 0 atom stereocenters. The Morgan fingerprint density at radius 3 is 2.48 bits per heavy atom. The molecular weight excluding hydrogens is 524 g/mol. The lowest BCUT2D eigenvalue weighted by molar-refractivity contribution is -0.129. The van der Waals surface area contributed by atoms with E-state index in [-0.39, 0.29) is 22.3 Å². The van der Waals surface area contributed by atoms with E-state index in [1.165, 1.54) is 43.4 Å². The van der Waals surface area contributed by atoms with Gasteiger partial charge in [-0.3, -0.25) is 4.79 Å². The molecule has 1 aliphatic rings. The van der Waals surface area contributed by atoms with Crippen molar-refractivity contribution in [3.63, 3.8) is 0 Å². The molecule has 1 aromatic heterocycles. The Bertz CT molecular complexity index is 1520. The minimum atomic E-state index is -0.698. The second-order valence-electron chi connectivity index (χ2n) is 12.2. The van der Waals surface area contributed by atoms with Crippen LogP contribution in [0.5, 0.6) is 5.75 Å². The topological polar surface area (TPSA) is 73.6 Å². The molecule has 0 aliphatic heterocycles. The number of esters is 1. The predicted molar refractivity (Wildman–Crippen MR) is 172 cm³/mol. The summed E-state index contributed by atoms with van der Waals surface area (Å²) in [6.07, 6.45) is 20.3. The second kappa shape index (κ2) is 14.9. The molecule has 0 radical (unpaired) electrons. The van der Waals surface area contributed by atoms with Gasteiger partial charge in [-0.25, -0.2) is 9.59 Å². The third-order valence-corrected chi connectivity index (χ3v) is 7.92. The first-order valence-electron chi connectivity index (χ1n) is 15.2. The SMILES string of the molecule is CCCCCCc1cc2cc(C(C)=O)c(=O)oc2cc1OC(=O)/C=C(C)/C=C/C=C(C)/C=C/C1=C(C)CCCC1(C)C. The third kappa shape index (κ3) is 9.14. The standard InChI is InChI=1S/C37H46O5/c1-8-9-10-11-17-29-22-30-23-31(28(5)38)36(40)42-34(30)24-33(29)41-35(39)21-26(3)15-12-14-25(2)18-19-32-27(4)16-13-20-37(32,6)7/h12,14-15,18-19,21-24H,8-11,13,16-17,20H2,1-7H3/b15-12+,19-18+,25-14+,26-21+. The molecule has 0 unspecified atom stereocenters. The smallest absolute Gasteiger partial charge is 0.347 e. The molecule has 5 nitrogen and oxygen atoms in total. The first-order valence-corrected chi connectivity index (χ1v) is 15.2. The molecule has 2 aromatic rings. The fraction of sp³-hybridized carbons (Fsp3) is 0.432. The largest absolute Gasteiger partial charge is 0.423 e. The zero-order valence-electron chi connectivity index (χ0n) is 26.4. The van der Waals surface area contributed by atoms with E-state index in [9.17, 15) is 14.4 Å². The van der Waals surface area contributed by atoms with E-state index in [1.54, 1.807) is 12.1 Å². The van der Waals surface area contributed by atoms with Crippen LogP contribution in [0, 0.1) is 5.41 Å². The van der Waals surface area contributed by atoms with E-state index < -0.39 is 11.6 Å². The van der Waals surface area contributed by atoms with Crippen LogP contribution in [-0.2, 0) is 11.2 Å². The van der Waals surface area contributed by atoms with Crippen LogP contribution >= 0.6 is 0 Å². The summed E-state index contributed by atoms with van der Waals surface area (Å²) in [7, 11) is 0. The van der Waals surface area contributed by atoms with E-state index in [1.807, 2.05) is 31.2 Å². The van der Waals surface area contributed by atoms with Crippen LogP contribution in [0.1, 0.15) is 109 Å². The zero-order valence-corrected chi connectivity index (χ0v) is 26.4. The van der Waals surface area contributed by atoms with Gasteiger partial charge in [0.2, 0.25) is 0 Å². The van der Waals surface area contributed by atoms with E-state index >= 15 is 0 Å². The number of hydrogen-bond acceptors (Lipinski definition) is 5. The number of unbranched alkanes of at least 4 members (excludes halogenated alkanes) is 3. The van der Waals surface area contributed by atoms with Crippen LogP contribution < -0.4 is 10.4 Å². The first-order chi connectivity index (χ1) is 19.9. The minimum absolute atomic E-state index is 0.0133. The summed E-state index contributed by atoms with van der Waals surface area (Å²) in [6.45, 7) is 14.3. The number of hydrogen-bond donors (Lipinski definition) is 0. The first kappa shape index (κ1) is 32.8. The number of fused-ring (bicyclic) bond motifs is 1. The fourth-order valence-electron chi connectivity index (χ4n) is 5.48. The summed E-state index contributed by atoms with van der Waals surface area (Å²) in [4.78, 5) is 37.0. The zero-order chi connectivity index (χ0) is 30.9. The Kier molecular flexibility index (Phi) is 11.7. The van der Waals surface area contributed by atoms with Crippen molar-refractivity contribution in [1.82, 2.24) is 0 Å². The number of Topliss-reactive ketones (excluding diaryl/α,β-unsaturated/α-hetero) is 1. The average molecular weight is 571 g/mol. The highest BCUT2D eigenvalue weighted by Gasteiger charge is 2.26. The predicted octanol–water partition coefficient (Wildman–Crippen LogP) is 9.56. The van der Waals surface area contributed by atoms with Gasteiger partial charge in [0, 0.05) is 17.5 Å². The number of benzene rings is 1. The van der Waals surface area contributed by atoms with Gasteiger partial charge < -0.3 is 9.15 Å². The maximum atomic E-state index is 12.9. The normalized spacial score (nSPS) is 16.2. The number of ketones is 1. The number of aryl methyl sites for hydroxylation is 1. The summed E-state index contributed by atoms with van der Waals surface area (Å²) in [5.74, 6) is -0.482. The van der Waals surface area contributed by atoms with Crippen LogP contribution in [-0.4, -0.2) is 11.8 Å². The van der Waals surface area contributed by atoms with Crippen LogP contribution in [0.4, 0.5) is 0 Å². The Labute approximate surface area is 250 Å². The molecule has 224 valence electrons. The summed E-state index contributed by atoms with van der Waals surface area (Å²) < 4.78 is 11.1. The van der Waals surface area contributed by atoms with Crippen LogP contribution in [0.25, 0.3) is 11.0 Å². The van der Waals surface area contributed by atoms with Gasteiger partial charge in [-0.15, -0.1) is 0 Å². The molecule has 1 aliphatic carbocycles. The van der Waals surface area contributed by atoms with Crippen molar-refractivity contribution in [3.05, 3.63) is 98.5 Å². The Morgan fingerprint density at radius 1 is 1.02 bits per heavy atom. The molecule has 5 heteroatoms. The summed E-state index contributed by atoms with van der Waals surface area (Å²) in [5.41, 5.74) is 5.43. The average Bonchev–Trinajstić information content (AvgIpc) is 2.90. The third-order valence-electron chi connectivity index (χ3n) is 7.92. The number of rotatable bonds is 12. The van der Waals surface area contributed by atoms with Gasteiger partial charge in [-0.1, -0.05) is 81.6 Å². The number of carbonyl (C=O) groups is 2. The van der Waals surface area contributed by atoms with Crippen molar-refractivity contribution in [2.45, 2.75) is 99.8 Å². The van der Waals surface area contributed by atoms with Gasteiger partial charge in [-0.2, -0.15) is 0 Å². The monoisotopic (exact) mass is 570 g/mol. The highest BCUT2D eigenvalue weighted by molar-refractivity contribution is 5.97. The maximum absolute atomic E-state index is 12.9. The minimum Gasteiger partial charge on any atom is -0.423 e. The molecule has 0 amide bonds. The van der Waals surface area contributed by atoms with Gasteiger partial charge >= 0.3 is 11.6 Å². The molecule has 1 aromatic carbocycles. The maximum Gasteiger partial charge on any atom is 0.347 e. The fourth-order valence-corrected chi connectivity index (χ4v) is 5.48. The lowest BCUT2D eigenvalue weighted by atomic mass is 9.72. The highest BCUT2D eigenvalue weighted by atomic mass is 16.5. The highest BCUT2D eigenvalue weighted by Crippen LogP contribution is 2.40. The van der Waals surface area contributed by atoms with E-state index in [0.29, 0.717) is 17.6 Å². The van der Waals surface area contributed by atoms with Gasteiger partial charge in [0.15, 0.2) is 5.78 Å². The Morgan fingerprint density at radius 2 is 1.79 bits per heavy atom. The van der Waals surface area contributed by atoms with Gasteiger partial charge in [0.25, 0.3) is 0 Å². The summed E-state index contributed by atoms with van der Waals surface area (Å²) in [6, 6.07) is 4.98. The van der Waals surface area contributed by atoms with Crippen molar-refractivity contribution in [1.29, 1.82) is 0 Å². The van der Waals surface area contributed by atoms with Crippen molar-refractivity contribution in [2.75, 3.05) is 0 Å². The molecular formula is C37H46O5. The molecule has 0 fully saturated rings. The van der Waals surface area contributed by atoms with Crippen molar-refractivity contribution in [3.8, 4) is 5.75 Å². The summed E-state index contributed by atoms with van der Waals surface area (Å²) in [5, 5.41) is 0.634. The van der Waals surface area contributed by atoms with Crippen LogP contribution in [0.3, 0.4) is 0 Å². The van der Waals surface area contributed by atoms with Crippen LogP contribution in [0.15, 0.2) is 86.2 Å². The molecule has 0 spiro atoms. The Balaban J connectivity index is 1.76. The van der Waals surface area contributed by atoms with E-state index in [4.69, 9.17) is 9.15 Å². The molecule has 0 N–H and O–H groups in total. The van der Waals surface area contributed by atoms with Crippen molar-refractivity contribution >= 4 is 22.7 Å². The second-order valence-corrected chi connectivity index (χ2v) is 12.2. The molecule has 42 heavy (non-hydrogen) atoms. The van der Waals surface area contributed by atoms with E-state index in [0.717, 1.165) is 42.4 Å². The lowest BCUT2D eigenvalue weighted by Gasteiger charge is -2.32. The molecule has 3 rings (SSSR count). The number of ether oxygens (including phenoxy) is 1. The van der Waals surface area contributed by atoms with Crippen molar-refractivity contribution < 1.29 is 18.7 Å². The van der Waals surface area contributed by atoms with Gasteiger partial charge in [0.1, 0.15) is 16.9 Å². The molecule has 1 heterocycles. The number of allylic oxidation sites excluding steroid dienone is 9. The Hall–Kier alpha value is -3.73. The van der Waals surface area contributed by atoms with E-state index in [2.05, 4.69) is 46.8 Å². The van der Waals surface area contributed by atoms with Gasteiger partial charge in [0.05, 0.1) is 0 Å².